The van der Waals surface area contributed by atoms with E-state index in [9.17, 15) is 22.8 Å². The highest BCUT2D eigenvalue weighted by Crippen LogP contribution is 2.52. The van der Waals surface area contributed by atoms with Crippen molar-refractivity contribution in [2.24, 2.45) is 17.6 Å². The third kappa shape index (κ3) is 3.50. The van der Waals surface area contributed by atoms with E-state index in [1.807, 2.05) is 6.92 Å². The van der Waals surface area contributed by atoms with Gasteiger partial charge in [-0.15, -0.1) is 0 Å². The molecule has 0 spiro atoms. The molecule has 0 radical (unpaired) electrons. The normalized spacial score (nSPS) is 29.4. The standard InChI is InChI=1S/C18H21F3N2O2/c1-10-6-7-11(16(22)24)9-23(10)17(25)14-8-13(14)12-4-2-3-5-15(12)18(19,20)21/h2-5,10-11,13-14H,6-9H2,1H3,(H2,22,24)/t10-,11+,13-,14+/m1/s1. The summed E-state index contributed by atoms with van der Waals surface area (Å²) in [5.74, 6) is -1.83. The maximum absolute atomic E-state index is 13.2. The summed E-state index contributed by atoms with van der Waals surface area (Å²) in [6.07, 6.45) is -2.69. The first-order valence-electron chi connectivity index (χ1n) is 8.46. The van der Waals surface area contributed by atoms with Crippen LogP contribution < -0.4 is 5.73 Å². The van der Waals surface area contributed by atoms with Gasteiger partial charge in [0, 0.05) is 18.5 Å². The SMILES string of the molecule is C[C@@H]1CC[C@H](C(N)=O)CN1C(=O)[C@H]1C[C@@H]1c1ccccc1C(F)(F)F. The Hall–Kier alpha value is -2.05. The van der Waals surface area contributed by atoms with Crippen molar-refractivity contribution in [3.63, 3.8) is 0 Å². The maximum Gasteiger partial charge on any atom is 0.416 e. The highest BCUT2D eigenvalue weighted by atomic mass is 19.4. The van der Waals surface area contributed by atoms with Crippen LogP contribution in [0.25, 0.3) is 0 Å². The molecule has 3 rings (SSSR count). The molecule has 4 nitrogen and oxygen atoms in total. The lowest BCUT2D eigenvalue weighted by molar-refractivity contribution is -0.140. The molecule has 2 N–H and O–H groups in total. The number of piperidine rings is 1. The molecule has 1 saturated carbocycles. The third-order valence-electron chi connectivity index (χ3n) is 5.34. The fourth-order valence-corrected chi connectivity index (χ4v) is 3.75. The topological polar surface area (TPSA) is 63.4 Å². The maximum atomic E-state index is 13.2. The lowest BCUT2D eigenvalue weighted by Crippen LogP contribution is -2.49. The van der Waals surface area contributed by atoms with E-state index in [-0.39, 0.29) is 30.0 Å². The van der Waals surface area contributed by atoms with Gasteiger partial charge in [0.1, 0.15) is 0 Å². The minimum absolute atomic E-state index is 0.0257. The smallest absolute Gasteiger partial charge is 0.369 e. The lowest BCUT2D eigenvalue weighted by Gasteiger charge is -2.37. The number of primary amides is 1. The number of carbonyl (C=O) groups is 2. The van der Waals surface area contributed by atoms with Gasteiger partial charge in [0.05, 0.1) is 11.5 Å². The average molecular weight is 354 g/mol. The minimum Gasteiger partial charge on any atom is -0.369 e. The lowest BCUT2D eigenvalue weighted by atomic mass is 9.92. The molecule has 1 aliphatic heterocycles. The molecule has 0 bridgehead atoms. The van der Waals surface area contributed by atoms with Crippen molar-refractivity contribution in [1.29, 1.82) is 0 Å². The highest BCUT2D eigenvalue weighted by Gasteiger charge is 2.50. The molecule has 2 aliphatic rings. The number of carbonyl (C=O) groups excluding carboxylic acids is 2. The molecule has 1 heterocycles. The molecular formula is C18H21F3N2O2. The van der Waals surface area contributed by atoms with Crippen molar-refractivity contribution in [3.8, 4) is 0 Å². The Bertz CT molecular complexity index is 689. The Labute approximate surface area is 144 Å². The molecule has 7 heteroatoms. The Morgan fingerprint density at radius 1 is 1.20 bits per heavy atom. The van der Waals surface area contributed by atoms with Gasteiger partial charge in [0.25, 0.3) is 0 Å². The van der Waals surface area contributed by atoms with E-state index < -0.39 is 29.5 Å². The zero-order valence-corrected chi connectivity index (χ0v) is 13.9. The van der Waals surface area contributed by atoms with Gasteiger partial charge in [-0.05, 0) is 43.7 Å². The molecule has 1 saturated heterocycles. The second-order valence-electron chi connectivity index (χ2n) is 7.05. The molecule has 0 unspecified atom stereocenters. The summed E-state index contributed by atoms with van der Waals surface area (Å²) in [5, 5.41) is 0. The number of alkyl halides is 3. The number of halogens is 3. The summed E-state index contributed by atoms with van der Waals surface area (Å²) in [6, 6.07) is 5.41. The van der Waals surface area contributed by atoms with Gasteiger partial charge in [-0.3, -0.25) is 9.59 Å². The van der Waals surface area contributed by atoms with Crippen molar-refractivity contribution in [3.05, 3.63) is 35.4 Å². The van der Waals surface area contributed by atoms with Crippen LogP contribution in [0, 0.1) is 11.8 Å². The summed E-state index contributed by atoms with van der Waals surface area (Å²) in [5.41, 5.74) is 4.87. The van der Waals surface area contributed by atoms with Crippen LogP contribution in [0.4, 0.5) is 13.2 Å². The van der Waals surface area contributed by atoms with E-state index in [2.05, 4.69) is 0 Å². The zero-order valence-electron chi connectivity index (χ0n) is 13.9. The van der Waals surface area contributed by atoms with Crippen molar-refractivity contribution in [1.82, 2.24) is 4.90 Å². The van der Waals surface area contributed by atoms with Gasteiger partial charge < -0.3 is 10.6 Å². The summed E-state index contributed by atoms with van der Waals surface area (Å²) in [7, 11) is 0. The molecule has 0 aromatic heterocycles. The Balaban J connectivity index is 1.75. The van der Waals surface area contributed by atoms with Gasteiger partial charge >= 0.3 is 6.18 Å². The van der Waals surface area contributed by atoms with Crippen molar-refractivity contribution in [2.75, 3.05) is 6.54 Å². The van der Waals surface area contributed by atoms with Gasteiger partial charge in [-0.25, -0.2) is 0 Å². The van der Waals surface area contributed by atoms with E-state index in [4.69, 9.17) is 5.73 Å². The quantitative estimate of drug-likeness (QED) is 0.907. The number of rotatable bonds is 3. The predicted octanol–water partition coefficient (Wildman–Crippen LogP) is 2.92. The van der Waals surface area contributed by atoms with Crippen LogP contribution >= 0.6 is 0 Å². The highest BCUT2D eigenvalue weighted by molar-refractivity contribution is 5.85. The van der Waals surface area contributed by atoms with Crippen LogP contribution in [0.1, 0.15) is 43.2 Å². The number of hydrogen-bond acceptors (Lipinski definition) is 2. The monoisotopic (exact) mass is 354 g/mol. The molecule has 1 aromatic carbocycles. The first-order valence-corrected chi connectivity index (χ1v) is 8.46. The summed E-state index contributed by atoms with van der Waals surface area (Å²) in [4.78, 5) is 25.8. The number of amides is 2. The van der Waals surface area contributed by atoms with E-state index in [0.717, 1.165) is 6.07 Å². The van der Waals surface area contributed by atoms with E-state index in [1.165, 1.54) is 12.1 Å². The fraction of sp³-hybridized carbons (Fsp3) is 0.556. The van der Waals surface area contributed by atoms with E-state index in [0.29, 0.717) is 19.3 Å². The molecule has 2 amide bonds. The third-order valence-corrected chi connectivity index (χ3v) is 5.34. The first-order chi connectivity index (χ1) is 11.7. The van der Waals surface area contributed by atoms with Gasteiger partial charge in [-0.1, -0.05) is 18.2 Å². The number of nitrogens with two attached hydrogens (primary N) is 1. The van der Waals surface area contributed by atoms with E-state index >= 15 is 0 Å². The molecule has 4 atom stereocenters. The second kappa shape index (κ2) is 6.35. The predicted molar refractivity (Wildman–Crippen MR) is 85.4 cm³/mol. The molecule has 1 aliphatic carbocycles. The Kier molecular flexibility index (Phi) is 4.51. The molecule has 25 heavy (non-hydrogen) atoms. The molecule has 1 aromatic rings. The van der Waals surface area contributed by atoms with Crippen LogP contribution in [-0.2, 0) is 15.8 Å². The molecule has 2 fully saturated rings. The zero-order chi connectivity index (χ0) is 18.4. The number of nitrogens with zero attached hydrogens (tertiary/aromatic N) is 1. The van der Waals surface area contributed by atoms with Crippen molar-refractivity contribution < 1.29 is 22.8 Å². The minimum atomic E-state index is -4.43. The summed E-state index contributed by atoms with van der Waals surface area (Å²) >= 11 is 0. The number of benzene rings is 1. The van der Waals surface area contributed by atoms with Crippen LogP contribution in [-0.4, -0.2) is 29.3 Å². The van der Waals surface area contributed by atoms with E-state index in [1.54, 1.807) is 11.0 Å². The van der Waals surface area contributed by atoms with Crippen molar-refractivity contribution in [2.45, 2.75) is 44.3 Å². The van der Waals surface area contributed by atoms with Crippen LogP contribution in [0.5, 0.6) is 0 Å². The number of likely N-dealkylation sites (tertiary alicyclic amines) is 1. The Morgan fingerprint density at radius 2 is 1.88 bits per heavy atom. The summed E-state index contributed by atoms with van der Waals surface area (Å²) in [6.45, 7) is 2.16. The second-order valence-corrected chi connectivity index (χ2v) is 7.05. The van der Waals surface area contributed by atoms with Crippen LogP contribution in [0.15, 0.2) is 24.3 Å². The van der Waals surface area contributed by atoms with Gasteiger partial charge in [0.2, 0.25) is 11.8 Å². The Morgan fingerprint density at radius 3 is 2.52 bits per heavy atom. The number of hydrogen-bond donors (Lipinski definition) is 1. The summed E-state index contributed by atoms with van der Waals surface area (Å²) < 4.78 is 39.5. The largest absolute Gasteiger partial charge is 0.416 e. The van der Waals surface area contributed by atoms with Crippen molar-refractivity contribution >= 4 is 11.8 Å². The average Bonchev–Trinajstić information content (AvgIpc) is 3.34. The van der Waals surface area contributed by atoms with Gasteiger partial charge in [-0.2, -0.15) is 13.2 Å². The van der Waals surface area contributed by atoms with Gasteiger partial charge in [0.15, 0.2) is 0 Å². The van der Waals surface area contributed by atoms with Crippen LogP contribution in [0.2, 0.25) is 0 Å². The molecule has 136 valence electrons. The fourth-order valence-electron chi connectivity index (χ4n) is 3.75. The first kappa shape index (κ1) is 17.8. The molecular weight excluding hydrogens is 333 g/mol. The van der Waals surface area contributed by atoms with Crippen LogP contribution in [0.3, 0.4) is 0 Å².